The van der Waals surface area contributed by atoms with Crippen molar-refractivity contribution in [1.29, 1.82) is 0 Å². The van der Waals surface area contributed by atoms with Gasteiger partial charge in [-0.05, 0) is 24.6 Å². The van der Waals surface area contributed by atoms with Crippen molar-refractivity contribution in [2.24, 2.45) is 0 Å². The number of hydrogen-bond donors (Lipinski definition) is 1. The molecule has 0 unspecified atom stereocenters. The molecule has 0 bridgehead atoms. The van der Waals surface area contributed by atoms with Crippen molar-refractivity contribution in [3.8, 4) is 11.1 Å². The van der Waals surface area contributed by atoms with Crippen LogP contribution in [0.4, 0.5) is 5.82 Å². The average molecular weight is 334 g/mol. The normalized spacial score (nSPS) is 12.5. The van der Waals surface area contributed by atoms with Crippen molar-refractivity contribution < 1.29 is 4.74 Å². The Kier molecular flexibility index (Phi) is 4.57. The Morgan fingerprint density at radius 2 is 2.05 bits per heavy atom. The molecule has 0 radical (unpaired) electrons. The molecule has 0 amide bonds. The van der Waals surface area contributed by atoms with Gasteiger partial charge in [0.2, 0.25) is 0 Å². The summed E-state index contributed by atoms with van der Waals surface area (Å²) in [6, 6.07) is 7.98. The highest BCUT2D eigenvalue weighted by Crippen LogP contribution is 2.36. The summed E-state index contributed by atoms with van der Waals surface area (Å²) < 4.78 is 5.18. The molecule has 0 spiro atoms. The summed E-state index contributed by atoms with van der Waals surface area (Å²) in [6.45, 7) is 2.68. The molecule has 2 aromatic heterocycles. The summed E-state index contributed by atoms with van der Waals surface area (Å²) in [5, 5.41) is 7.27. The van der Waals surface area contributed by atoms with Gasteiger partial charge in [0.05, 0.1) is 12.0 Å². The Morgan fingerprint density at radius 1 is 1.27 bits per heavy atom. The monoisotopic (exact) mass is 333 g/mol. The van der Waals surface area contributed by atoms with Crippen LogP contribution in [0, 0.1) is 0 Å². The van der Waals surface area contributed by atoms with Crippen molar-refractivity contribution in [2.75, 3.05) is 19.0 Å². The highest BCUT2D eigenvalue weighted by atomic mass is 35.5. The number of ether oxygens (including phenoxy) is 1. The van der Waals surface area contributed by atoms with Gasteiger partial charge in [-0.1, -0.05) is 23.7 Å². The maximum Gasteiger partial charge on any atom is 0.139 e. The molecule has 1 N–H and O–H groups in total. The third-order valence-corrected chi connectivity index (χ3v) is 4.46. The molecule has 0 fully saturated rings. The zero-order valence-electron chi connectivity index (χ0n) is 12.3. The van der Waals surface area contributed by atoms with Crippen LogP contribution < -0.4 is 5.32 Å². The highest BCUT2D eigenvalue weighted by Gasteiger charge is 2.14. The lowest BCUT2D eigenvalue weighted by Crippen LogP contribution is -2.21. The maximum atomic E-state index is 5.98. The Bertz CT molecular complexity index is 773. The van der Waals surface area contributed by atoms with Crippen LogP contribution >= 0.6 is 22.9 Å². The first-order valence-electron chi connectivity index (χ1n) is 6.92. The van der Waals surface area contributed by atoms with E-state index in [0.717, 1.165) is 32.2 Å². The molecule has 114 valence electrons. The summed E-state index contributed by atoms with van der Waals surface area (Å²) in [6.07, 6.45) is 1.59. The second-order valence-corrected chi connectivity index (χ2v) is 6.35. The number of rotatable bonds is 5. The lowest BCUT2D eigenvalue weighted by molar-refractivity contribution is 0.190. The minimum absolute atomic E-state index is 0.168. The van der Waals surface area contributed by atoms with Gasteiger partial charge >= 0.3 is 0 Å². The van der Waals surface area contributed by atoms with Gasteiger partial charge in [-0.25, -0.2) is 9.97 Å². The second kappa shape index (κ2) is 6.60. The molecule has 0 aliphatic rings. The minimum Gasteiger partial charge on any atom is -0.383 e. The van der Waals surface area contributed by atoms with Crippen LogP contribution in [0.1, 0.15) is 6.92 Å². The van der Waals surface area contributed by atoms with Crippen molar-refractivity contribution >= 4 is 39.0 Å². The number of benzene rings is 1. The Balaban J connectivity index is 2.06. The number of hydrogen-bond acceptors (Lipinski definition) is 5. The number of methoxy groups -OCH3 is 1. The lowest BCUT2D eigenvalue weighted by atomic mass is 10.1. The molecule has 0 saturated heterocycles. The van der Waals surface area contributed by atoms with E-state index in [1.165, 1.54) is 0 Å². The van der Waals surface area contributed by atoms with Crippen molar-refractivity contribution in [1.82, 2.24) is 9.97 Å². The fraction of sp³-hybridized carbons (Fsp3) is 0.250. The van der Waals surface area contributed by atoms with Crippen LogP contribution in [-0.2, 0) is 4.74 Å². The zero-order chi connectivity index (χ0) is 15.5. The topological polar surface area (TPSA) is 47.0 Å². The van der Waals surface area contributed by atoms with Gasteiger partial charge in [-0.3, -0.25) is 0 Å². The maximum absolute atomic E-state index is 5.98. The standard InChI is InChI=1S/C16H16ClN3OS/c1-10(7-21-2)20-15-14-13(8-22-16(14)19-9-18-15)11-3-5-12(17)6-4-11/h3-6,8-10H,7H2,1-2H3,(H,18,19,20)/t10-/m1/s1. The molecule has 22 heavy (non-hydrogen) atoms. The third kappa shape index (κ3) is 3.06. The first kappa shape index (κ1) is 15.2. The first-order chi connectivity index (χ1) is 10.7. The van der Waals surface area contributed by atoms with Gasteiger partial charge in [0, 0.05) is 29.1 Å². The van der Waals surface area contributed by atoms with Gasteiger partial charge in [0.1, 0.15) is 17.0 Å². The molecule has 4 nitrogen and oxygen atoms in total. The molecule has 3 aromatic rings. The quantitative estimate of drug-likeness (QED) is 0.749. The summed E-state index contributed by atoms with van der Waals surface area (Å²) in [5.74, 6) is 0.834. The first-order valence-corrected chi connectivity index (χ1v) is 8.18. The van der Waals surface area contributed by atoms with Gasteiger partial charge < -0.3 is 10.1 Å². The van der Waals surface area contributed by atoms with Gasteiger partial charge in [0.25, 0.3) is 0 Å². The Morgan fingerprint density at radius 3 is 2.77 bits per heavy atom. The van der Waals surface area contributed by atoms with Crippen molar-refractivity contribution in [3.05, 3.63) is 41.0 Å². The van der Waals surface area contributed by atoms with Crippen LogP contribution in [0.3, 0.4) is 0 Å². The Hall–Kier alpha value is -1.69. The molecular formula is C16H16ClN3OS. The highest BCUT2D eigenvalue weighted by molar-refractivity contribution is 7.17. The van der Waals surface area contributed by atoms with E-state index in [4.69, 9.17) is 16.3 Å². The zero-order valence-corrected chi connectivity index (χ0v) is 13.9. The van der Waals surface area contributed by atoms with Crippen LogP contribution in [0.2, 0.25) is 5.02 Å². The number of aromatic nitrogens is 2. The molecule has 1 aromatic carbocycles. The fourth-order valence-corrected chi connectivity index (χ4v) is 3.39. The molecule has 6 heteroatoms. The van der Waals surface area contributed by atoms with Crippen LogP contribution in [0.5, 0.6) is 0 Å². The van der Waals surface area contributed by atoms with Crippen LogP contribution in [0.25, 0.3) is 21.3 Å². The third-order valence-electron chi connectivity index (χ3n) is 3.33. The molecule has 0 aliphatic heterocycles. The smallest absolute Gasteiger partial charge is 0.139 e. The van der Waals surface area contributed by atoms with E-state index in [2.05, 4.69) is 27.6 Å². The van der Waals surface area contributed by atoms with E-state index in [0.29, 0.717) is 6.61 Å². The summed E-state index contributed by atoms with van der Waals surface area (Å²) in [7, 11) is 1.69. The summed E-state index contributed by atoms with van der Waals surface area (Å²) >= 11 is 7.59. The van der Waals surface area contributed by atoms with E-state index in [9.17, 15) is 0 Å². The second-order valence-electron chi connectivity index (χ2n) is 5.06. The molecule has 1 atom stereocenters. The van der Waals surface area contributed by atoms with Crippen LogP contribution in [0.15, 0.2) is 36.0 Å². The predicted molar refractivity (Wildman–Crippen MR) is 92.8 cm³/mol. The van der Waals surface area contributed by atoms with E-state index in [1.807, 2.05) is 24.3 Å². The summed E-state index contributed by atoms with van der Waals surface area (Å²) in [4.78, 5) is 9.74. The minimum atomic E-state index is 0.168. The SMILES string of the molecule is COC[C@@H](C)Nc1ncnc2scc(-c3ccc(Cl)cc3)c12. The largest absolute Gasteiger partial charge is 0.383 e. The molecule has 2 heterocycles. The Labute approximate surface area is 138 Å². The fourth-order valence-electron chi connectivity index (χ4n) is 2.35. The van der Waals surface area contributed by atoms with E-state index in [1.54, 1.807) is 24.8 Å². The number of nitrogens with one attached hydrogen (secondary N) is 1. The lowest BCUT2D eigenvalue weighted by Gasteiger charge is -2.14. The molecule has 3 rings (SSSR count). The number of fused-ring (bicyclic) bond motifs is 1. The van der Waals surface area contributed by atoms with Crippen LogP contribution in [-0.4, -0.2) is 29.7 Å². The molecule has 0 aliphatic carbocycles. The summed E-state index contributed by atoms with van der Waals surface area (Å²) in [5.41, 5.74) is 2.22. The van der Waals surface area contributed by atoms with E-state index in [-0.39, 0.29) is 6.04 Å². The number of halogens is 1. The molecular weight excluding hydrogens is 318 g/mol. The van der Waals surface area contributed by atoms with Gasteiger partial charge in [-0.2, -0.15) is 0 Å². The molecule has 0 saturated carbocycles. The number of nitrogens with zero attached hydrogens (tertiary/aromatic N) is 2. The van der Waals surface area contributed by atoms with Crippen molar-refractivity contribution in [2.45, 2.75) is 13.0 Å². The number of thiophene rings is 1. The van der Waals surface area contributed by atoms with Gasteiger partial charge in [0.15, 0.2) is 0 Å². The number of anilines is 1. The van der Waals surface area contributed by atoms with Gasteiger partial charge in [-0.15, -0.1) is 11.3 Å². The van der Waals surface area contributed by atoms with E-state index >= 15 is 0 Å². The predicted octanol–water partition coefficient (Wildman–Crippen LogP) is 4.46. The average Bonchev–Trinajstić information content (AvgIpc) is 2.93. The van der Waals surface area contributed by atoms with E-state index < -0.39 is 0 Å². The van der Waals surface area contributed by atoms with Crippen molar-refractivity contribution in [3.63, 3.8) is 0 Å².